The average Bonchev–Trinajstić information content (AvgIpc) is 3.19. The van der Waals surface area contributed by atoms with Crippen LogP contribution in [-0.2, 0) is 24.8 Å². The van der Waals surface area contributed by atoms with Crippen molar-refractivity contribution in [1.29, 1.82) is 0 Å². The Labute approximate surface area is 169 Å². The molecular weight excluding hydrogens is 401 g/mol. The molecule has 28 heavy (non-hydrogen) atoms. The van der Waals surface area contributed by atoms with E-state index < -0.39 is 5.91 Å². The number of nitrogens with two attached hydrogens (primary N) is 1. The van der Waals surface area contributed by atoms with Crippen LogP contribution >= 0.6 is 23.2 Å². The molecule has 4 rings (SSSR count). The summed E-state index contributed by atoms with van der Waals surface area (Å²) >= 11 is 12.4. The molecule has 1 amide bonds. The van der Waals surface area contributed by atoms with Crippen LogP contribution in [0.1, 0.15) is 11.5 Å². The Kier molecular flexibility index (Phi) is 4.74. The van der Waals surface area contributed by atoms with E-state index in [9.17, 15) is 4.79 Å². The van der Waals surface area contributed by atoms with Gasteiger partial charge in [-0.3, -0.25) is 9.48 Å². The van der Waals surface area contributed by atoms with Crippen molar-refractivity contribution >= 4 is 40.0 Å². The maximum atomic E-state index is 11.2. The lowest BCUT2D eigenvalue weighted by atomic mass is 10.0. The zero-order chi connectivity index (χ0) is 19.8. The molecule has 2 aromatic carbocycles. The highest BCUT2D eigenvalue weighted by Crippen LogP contribution is 2.35. The van der Waals surface area contributed by atoms with Gasteiger partial charge in [0.15, 0.2) is 5.82 Å². The summed E-state index contributed by atoms with van der Waals surface area (Å²) in [6.07, 6.45) is -0.0333. The third kappa shape index (κ3) is 3.32. The van der Waals surface area contributed by atoms with Gasteiger partial charge in [0, 0.05) is 33.6 Å². The number of fused-ring (bicyclic) bond motifs is 1. The molecule has 8 nitrogen and oxygen atoms in total. The number of hydrogen-bond donors (Lipinski definition) is 1. The van der Waals surface area contributed by atoms with E-state index in [0.29, 0.717) is 22.4 Å². The number of carbonyl (C=O) groups is 1. The number of rotatable bonds is 5. The number of halogens is 2. The second-order valence-corrected chi connectivity index (χ2v) is 7.14. The second-order valence-electron chi connectivity index (χ2n) is 6.29. The van der Waals surface area contributed by atoms with Crippen molar-refractivity contribution in [2.75, 3.05) is 0 Å². The Morgan fingerprint density at radius 3 is 2.75 bits per heavy atom. The van der Waals surface area contributed by atoms with Gasteiger partial charge in [0.2, 0.25) is 5.91 Å². The van der Waals surface area contributed by atoms with Crippen LogP contribution in [0.25, 0.3) is 22.0 Å². The van der Waals surface area contributed by atoms with Crippen LogP contribution in [0.2, 0.25) is 10.0 Å². The first-order chi connectivity index (χ1) is 13.4. The molecule has 10 heteroatoms. The predicted octanol–water partition coefficient (Wildman–Crippen LogP) is 2.61. The lowest BCUT2D eigenvalue weighted by molar-refractivity contribution is -0.117. The minimum absolute atomic E-state index is 0.0333. The molecule has 0 unspecified atom stereocenters. The summed E-state index contributed by atoms with van der Waals surface area (Å²) in [6, 6.07) is 11.3. The molecule has 0 atom stereocenters. The summed E-state index contributed by atoms with van der Waals surface area (Å²) in [6.45, 7) is 0.348. The van der Waals surface area contributed by atoms with E-state index >= 15 is 0 Å². The fourth-order valence-electron chi connectivity index (χ4n) is 3.15. The number of carbonyl (C=O) groups excluding carboxylic acids is 1. The van der Waals surface area contributed by atoms with Crippen molar-refractivity contribution in [3.63, 3.8) is 0 Å². The molecular formula is C18H15Cl2N7O. The van der Waals surface area contributed by atoms with Crippen LogP contribution in [0.4, 0.5) is 0 Å². The first kappa shape index (κ1) is 18.4. The van der Waals surface area contributed by atoms with Crippen LogP contribution in [0.5, 0.6) is 0 Å². The van der Waals surface area contributed by atoms with Gasteiger partial charge in [0.25, 0.3) is 0 Å². The van der Waals surface area contributed by atoms with E-state index in [2.05, 4.69) is 20.6 Å². The minimum Gasteiger partial charge on any atom is -0.369 e. The van der Waals surface area contributed by atoms with Gasteiger partial charge in [-0.15, -0.1) is 5.10 Å². The van der Waals surface area contributed by atoms with Gasteiger partial charge in [0.1, 0.15) is 5.52 Å². The lowest BCUT2D eigenvalue weighted by Crippen LogP contribution is -2.19. The van der Waals surface area contributed by atoms with Crippen molar-refractivity contribution in [3.8, 4) is 11.1 Å². The number of amides is 1. The fraction of sp³-hybridized carbons (Fsp3) is 0.167. The summed E-state index contributed by atoms with van der Waals surface area (Å²) in [5.41, 5.74) is 8.70. The first-order valence-electron chi connectivity index (χ1n) is 8.37. The Morgan fingerprint density at radius 2 is 2.00 bits per heavy atom. The van der Waals surface area contributed by atoms with Gasteiger partial charge in [-0.1, -0.05) is 47.5 Å². The summed E-state index contributed by atoms with van der Waals surface area (Å²) in [4.78, 5) is 11.2. The molecule has 0 bridgehead atoms. The summed E-state index contributed by atoms with van der Waals surface area (Å²) < 4.78 is 3.32. The standard InChI is InChI=1S/C18H15Cl2N7O/c1-26-15(9-27-17(8-16(21)28)22-24-25-27)13-4-2-3-12(18(13)23-26)11-6-5-10(19)7-14(11)20/h2-7H,8-9H2,1H3,(H2,21,28). The molecule has 0 aliphatic carbocycles. The number of hydrogen-bond acceptors (Lipinski definition) is 5. The average molecular weight is 416 g/mol. The highest BCUT2D eigenvalue weighted by molar-refractivity contribution is 6.36. The third-order valence-electron chi connectivity index (χ3n) is 4.45. The topological polar surface area (TPSA) is 105 Å². The number of primary amides is 1. The maximum absolute atomic E-state index is 11.2. The SMILES string of the molecule is Cn1nc2c(-c3ccc(Cl)cc3Cl)cccc2c1Cn1nnnc1CC(N)=O. The number of aryl methyl sites for hydroxylation is 1. The molecule has 2 aromatic heterocycles. The monoisotopic (exact) mass is 415 g/mol. The summed E-state index contributed by atoms with van der Waals surface area (Å²) in [5, 5.41) is 18.2. The Hall–Kier alpha value is -2.97. The van der Waals surface area contributed by atoms with Gasteiger partial charge in [0.05, 0.1) is 18.7 Å². The van der Waals surface area contributed by atoms with Crippen LogP contribution in [0.3, 0.4) is 0 Å². The lowest BCUT2D eigenvalue weighted by Gasteiger charge is -2.07. The molecule has 0 saturated carbocycles. The third-order valence-corrected chi connectivity index (χ3v) is 4.99. The molecule has 142 valence electrons. The van der Waals surface area contributed by atoms with Crippen LogP contribution in [0.15, 0.2) is 36.4 Å². The van der Waals surface area contributed by atoms with Crippen LogP contribution in [-0.4, -0.2) is 35.9 Å². The van der Waals surface area contributed by atoms with Gasteiger partial charge in [-0.2, -0.15) is 5.10 Å². The van der Waals surface area contributed by atoms with Crippen molar-refractivity contribution < 1.29 is 4.79 Å². The van der Waals surface area contributed by atoms with E-state index in [1.165, 1.54) is 0 Å². The summed E-state index contributed by atoms with van der Waals surface area (Å²) in [7, 11) is 1.85. The Bertz CT molecular complexity index is 1200. The molecule has 4 aromatic rings. The largest absolute Gasteiger partial charge is 0.369 e. The van der Waals surface area contributed by atoms with Gasteiger partial charge in [-0.05, 0) is 22.6 Å². The molecule has 0 fully saturated rings. The minimum atomic E-state index is -0.495. The van der Waals surface area contributed by atoms with E-state index in [1.807, 2.05) is 31.3 Å². The fourth-order valence-corrected chi connectivity index (χ4v) is 3.66. The van der Waals surface area contributed by atoms with Crippen LogP contribution < -0.4 is 5.73 Å². The molecule has 2 heterocycles. The molecule has 0 spiro atoms. The predicted molar refractivity (Wildman–Crippen MR) is 106 cm³/mol. The molecule has 0 saturated heterocycles. The number of nitrogens with zero attached hydrogens (tertiary/aromatic N) is 6. The van der Waals surface area contributed by atoms with Gasteiger partial charge >= 0.3 is 0 Å². The van der Waals surface area contributed by atoms with Crippen molar-refractivity contribution in [2.24, 2.45) is 12.8 Å². The van der Waals surface area contributed by atoms with E-state index in [-0.39, 0.29) is 6.42 Å². The van der Waals surface area contributed by atoms with Gasteiger partial charge < -0.3 is 5.73 Å². The maximum Gasteiger partial charge on any atom is 0.225 e. The molecule has 0 aliphatic rings. The number of tetrazole rings is 1. The second kappa shape index (κ2) is 7.21. The first-order valence-corrected chi connectivity index (χ1v) is 9.13. The molecule has 0 aliphatic heterocycles. The smallest absolute Gasteiger partial charge is 0.225 e. The van der Waals surface area contributed by atoms with E-state index in [4.69, 9.17) is 28.9 Å². The zero-order valence-electron chi connectivity index (χ0n) is 14.8. The highest BCUT2D eigenvalue weighted by atomic mass is 35.5. The highest BCUT2D eigenvalue weighted by Gasteiger charge is 2.17. The van der Waals surface area contributed by atoms with E-state index in [1.54, 1.807) is 21.5 Å². The van der Waals surface area contributed by atoms with Crippen molar-refractivity contribution in [2.45, 2.75) is 13.0 Å². The van der Waals surface area contributed by atoms with Crippen molar-refractivity contribution in [3.05, 3.63) is 58.0 Å². The normalized spacial score (nSPS) is 11.2. The Morgan fingerprint density at radius 1 is 1.18 bits per heavy atom. The van der Waals surface area contributed by atoms with E-state index in [0.717, 1.165) is 27.7 Å². The summed E-state index contributed by atoms with van der Waals surface area (Å²) in [5.74, 6) is -0.0932. The molecule has 0 radical (unpaired) electrons. The van der Waals surface area contributed by atoms with Gasteiger partial charge in [-0.25, -0.2) is 4.68 Å². The van der Waals surface area contributed by atoms with Crippen LogP contribution in [0, 0.1) is 0 Å². The number of benzene rings is 2. The Balaban J connectivity index is 1.81. The van der Waals surface area contributed by atoms with Crippen molar-refractivity contribution in [1.82, 2.24) is 30.0 Å². The molecule has 2 N–H and O–H groups in total. The quantitative estimate of drug-likeness (QED) is 0.539. The zero-order valence-corrected chi connectivity index (χ0v) is 16.3. The number of aromatic nitrogens is 6.